The van der Waals surface area contributed by atoms with E-state index in [4.69, 9.17) is 14.6 Å². The molecule has 0 fully saturated rings. The lowest BCUT2D eigenvalue weighted by molar-refractivity contribution is 0.288. The molecule has 1 N–H and O–H groups in total. The molecule has 3 heteroatoms. The fourth-order valence-electron chi connectivity index (χ4n) is 2.66. The quantitative estimate of drug-likeness (QED) is 0.648. The fraction of sp³-hybridized carbons (Fsp3) is 0.478. The summed E-state index contributed by atoms with van der Waals surface area (Å²) >= 11 is 0. The van der Waals surface area contributed by atoms with Gasteiger partial charge < -0.3 is 14.6 Å². The predicted molar refractivity (Wildman–Crippen MR) is 112 cm³/mol. The molecule has 0 spiro atoms. The molecule has 0 aliphatic carbocycles. The van der Waals surface area contributed by atoms with E-state index in [1.54, 1.807) is 7.11 Å². The zero-order valence-electron chi connectivity index (χ0n) is 17.8. The smallest absolute Gasteiger partial charge is 0.133 e. The van der Waals surface area contributed by atoms with Crippen molar-refractivity contribution in [2.24, 2.45) is 0 Å². The van der Waals surface area contributed by atoms with Gasteiger partial charge in [0, 0.05) is 6.61 Å². The van der Waals surface area contributed by atoms with Gasteiger partial charge in [0.15, 0.2) is 0 Å². The van der Waals surface area contributed by atoms with Crippen LogP contribution >= 0.6 is 0 Å². The van der Waals surface area contributed by atoms with Crippen molar-refractivity contribution in [2.45, 2.75) is 61.3 Å². The second kappa shape index (κ2) is 13.2. The van der Waals surface area contributed by atoms with Crippen molar-refractivity contribution in [2.75, 3.05) is 13.7 Å². The van der Waals surface area contributed by atoms with E-state index in [1.165, 1.54) is 5.56 Å². The van der Waals surface area contributed by atoms with E-state index in [0.717, 1.165) is 46.8 Å². The van der Waals surface area contributed by atoms with Gasteiger partial charge in [0.05, 0.1) is 7.11 Å². The van der Waals surface area contributed by atoms with Gasteiger partial charge in [0.2, 0.25) is 0 Å². The highest BCUT2D eigenvalue weighted by atomic mass is 16.5. The maximum atomic E-state index is 8.95. The Labute approximate surface area is 160 Å². The van der Waals surface area contributed by atoms with Crippen molar-refractivity contribution in [3.8, 4) is 17.2 Å². The van der Waals surface area contributed by atoms with E-state index >= 15 is 0 Å². The van der Waals surface area contributed by atoms with Gasteiger partial charge in [0.1, 0.15) is 17.2 Å². The third kappa shape index (κ3) is 7.09. The molecule has 0 unspecified atom stereocenters. The van der Waals surface area contributed by atoms with E-state index < -0.39 is 0 Å². The van der Waals surface area contributed by atoms with Crippen LogP contribution in [-0.4, -0.2) is 18.8 Å². The van der Waals surface area contributed by atoms with Crippen LogP contribution in [-0.2, 0) is 6.42 Å². The molecule has 2 aromatic rings. The third-order valence-corrected chi connectivity index (χ3v) is 3.73. The Balaban J connectivity index is 0.00000146. The Kier molecular flexibility index (Phi) is 12.2. The van der Waals surface area contributed by atoms with Gasteiger partial charge in [-0.25, -0.2) is 0 Å². The second-order valence-electron chi connectivity index (χ2n) is 5.62. The Bertz CT molecular complexity index is 625. The first-order chi connectivity index (χ1) is 12.5. The number of ether oxygens (including phenoxy) is 2. The van der Waals surface area contributed by atoms with Crippen LogP contribution in [0.1, 0.15) is 56.4 Å². The minimum absolute atomic E-state index is 0.224. The van der Waals surface area contributed by atoms with Gasteiger partial charge in [-0.1, -0.05) is 39.8 Å². The molecule has 0 atom stereocenters. The first-order valence-corrected chi connectivity index (χ1v) is 9.58. The van der Waals surface area contributed by atoms with E-state index in [1.807, 2.05) is 52.8 Å². The number of aliphatic hydroxyl groups excluding tert-OH is 1. The van der Waals surface area contributed by atoms with Crippen LogP contribution in [0.2, 0.25) is 0 Å². The van der Waals surface area contributed by atoms with Crippen LogP contribution in [0.3, 0.4) is 0 Å². The average Bonchev–Trinajstić information content (AvgIpc) is 2.66. The van der Waals surface area contributed by atoms with Crippen molar-refractivity contribution in [1.29, 1.82) is 0 Å². The summed E-state index contributed by atoms with van der Waals surface area (Å²) in [6.07, 6.45) is 1.68. The molecular weight excluding hydrogens is 324 g/mol. The number of benzene rings is 2. The highest BCUT2D eigenvalue weighted by molar-refractivity contribution is 5.47. The van der Waals surface area contributed by atoms with Gasteiger partial charge in [-0.05, 0) is 74.1 Å². The fourth-order valence-corrected chi connectivity index (χ4v) is 2.66. The van der Waals surface area contributed by atoms with Crippen LogP contribution in [0.5, 0.6) is 17.2 Å². The Morgan fingerprint density at radius 3 is 1.88 bits per heavy atom. The Morgan fingerprint density at radius 1 is 0.846 bits per heavy atom. The summed E-state index contributed by atoms with van der Waals surface area (Å²) in [6, 6.07) is 10.1. The lowest BCUT2D eigenvalue weighted by Gasteiger charge is -2.15. The molecular formula is C23H36O3. The predicted octanol–water partition coefficient (Wildman–Crippen LogP) is 6.39. The van der Waals surface area contributed by atoms with Crippen molar-refractivity contribution in [3.63, 3.8) is 0 Å². The first-order valence-electron chi connectivity index (χ1n) is 9.58. The lowest BCUT2D eigenvalue weighted by atomic mass is 10.0. The number of aliphatic hydroxyl groups is 1. The van der Waals surface area contributed by atoms with Crippen LogP contribution in [0.15, 0.2) is 30.3 Å². The number of methoxy groups -OCH3 is 1. The number of rotatable bonds is 6. The Hall–Kier alpha value is -2.00. The molecule has 0 aliphatic rings. The Morgan fingerprint density at radius 2 is 1.42 bits per heavy atom. The highest BCUT2D eigenvalue weighted by Gasteiger charge is 2.09. The molecule has 3 nitrogen and oxygen atoms in total. The first kappa shape index (κ1) is 24.0. The molecule has 2 aromatic carbocycles. The zero-order chi connectivity index (χ0) is 20.1. The van der Waals surface area contributed by atoms with E-state index in [9.17, 15) is 0 Å². The topological polar surface area (TPSA) is 38.7 Å². The molecule has 146 valence electrons. The zero-order valence-corrected chi connectivity index (χ0v) is 17.8. The summed E-state index contributed by atoms with van der Waals surface area (Å²) in [5.74, 6) is 2.57. The number of hydrogen-bond donors (Lipinski definition) is 1. The molecule has 0 amide bonds. The summed E-state index contributed by atoms with van der Waals surface area (Å²) in [6.45, 7) is 14.3. The maximum Gasteiger partial charge on any atom is 0.133 e. The van der Waals surface area contributed by atoms with Crippen molar-refractivity contribution in [3.05, 3.63) is 52.6 Å². The largest absolute Gasteiger partial charge is 0.496 e. The van der Waals surface area contributed by atoms with Crippen LogP contribution in [0, 0.1) is 20.8 Å². The van der Waals surface area contributed by atoms with Crippen molar-refractivity contribution >= 4 is 0 Å². The van der Waals surface area contributed by atoms with Crippen molar-refractivity contribution in [1.82, 2.24) is 0 Å². The van der Waals surface area contributed by atoms with Gasteiger partial charge in [-0.15, -0.1) is 0 Å². The molecule has 0 aliphatic heterocycles. The van der Waals surface area contributed by atoms with Crippen molar-refractivity contribution < 1.29 is 14.6 Å². The number of aryl methyl sites for hydroxylation is 4. The van der Waals surface area contributed by atoms with Gasteiger partial charge in [-0.2, -0.15) is 0 Å². The normalized spacial score (nSPS) is 9.42. The highest BCUT2D eigenvalue weighted by Crippen LogP contribution is 2.32. The minimum Gasteiger partial charge on any atom is -0.496 e. The molecule has 0 heterocycles. The van der Waals surface area contributed by atoms with Gasteiger partial charge >= 0.3 is 0 Å². The molecule has 0 saturated heterocycles. The van der Waals surface area contributed by atoms with Gasteiger partial charge in [-0.3, -0.25) is 0 Å². The second-order valence-corrected chi connectivity index (χ2v) is 5.62. The van der Waals surface area contributed by atoms with E-state index in [-0.39, 0.29) is 6.61 Å². The summed E-state index contributed by atoms with van der Waals surface area (Å²) in [7, 11) is 1.67. The van der Waals surface area contributed by atoms with E-state index in [0.29, 0.717) is 0 Å². The SMILES string of the molecule is CC.CC.COc1ccc(Oc2c(C)cc(CCCO)cc2C)cc1C. The van der Waals surface area contributed by atoms with Crippen LogP contribution in [0.25, 0.3) is 0 Å². The maximum absolute atomic E-state index is 8.95. The van der Waals surface area contributed by atoms with Crippen LogP contribution < -0.4 is 9.47 Å². The molecule has 0 bridgehead atoms. The molecule has 0 radical (unpaired) electrons. The molecule has 0 saturated carbocycles. The standard InChI is InChI=1S/C19H24O3.2C2H6/c1-13-12-17(7-8-18(13)21-4)22-19-14(2)10-16(6-5-9-20)11-15(19)3;2*1-2/h7-8,10-12,20H,5-6,9H2,1-4H3;2*1-2H3. The summed E-state index contributed by atoms with van der Waals surface area (Å²) in [5, 5.41) is 8.95. The summed E-state index contributed by atoms with van der Waals surface area (Å²) in [4.78, 5) is 0. The summed E-state index contributed by atoms with van der Waals surface area (Å²) < 4.78 is 11.3. The average molecular weight is 361 g/mol. The molecule has 2 rings (SSSR count). The number of hydrogen-bond acceptors (Lipinski definition) is 3. The summed E-state index contributed by atoms with van der Waals surface area (Å²) in [5.41, 5.74) is 4.51. The lowest BCUT2D eigenvalue weighted by Crippen LogP contribution is -1.96. The third-order valence-electron chi connectivity index (χ3n) is 3.73. The molecule has 0 aromatic heterocycles. The van der Waals surface area contributed by atoms with Gasteiger partial charge in [0.25, 0.3) is 0 Å². The monoisotopic (exact) mass is 360 g/mol. The van der Waals surface area contributed by atoms with Crippen LogP contribution in [0.4, 0.5) is 0 Å². The minimum atomic E-state index is 0.224. The van der Waals surface area contributed by atoms with E-state index in [2.05, 4.69) is 26.0 Å². The molecule has 26 heavy (non-hydrogen) atoms.